The first kappa shape index (κ1) is 16.9. The van der Waals surface area contributed by atoms with Crippen molar-refractivity contribution in [2.75, 3.05) is 11.9 Å². The zero-order chi connectivity index (χ0) is 17.3. The number of esters is 1. The van der Waals surface area contributed by atoms with Crippen molar-refractivity contribution in [2.45, 2.75) is 39.2 Å². The minimum Gasteiger partial charge on any atom is -0.462 e. The van der Waals surface area contributed by atoms with Gasteiger partial charge in [-0.1, -0.05) is 11.3 Å². The first-order valence-electron chi connectivity index (χ1n) is 7.74. The maximum Gasteiger partial charge on any atom is 0.341 e. The molecule has 0 bridgehead atoms. The molecular formula is C16H18N2O4S2. The third-order valence-corrected chi connectivity index (χ3v) is 5.64. The van der Waals surface area contributed by atoms with Crippen LogP contribution in [0.5, 0.6) is 0 Å². The second-order valence-electron chi connectivity index (χ2n) is 5.67. The van der Waals surface area contributed by atoms with Crippen LogP contribution in [0.4, 0.5) is 5.00 Å². The number of aromatic nitrogens is 1. The number of nitrogens with zero attached hydrogens (tertiary/aromatic N) is 1. The number of nitrogens with one attached hydrogen (secondary N) is 1. The van der Waals surface area contributed by atoms with E-state index in [1.807, 2.05) is 5.38 Å². The van der Waals surface area contributed by atoms with Gasteiger partial charge in [0.1, 0.15) is 11.5 Å². The Balaban J connectivity index is 1.80. The Labute approximate surface area is 147 Å². The molecule has 1 amide bonds. The van der Waals surface area contributed by atoms with Crippen molar-refractivity contribution in [2.24, 2.45) is 0 Å². The highest BCUT2D eigenvalue weighted by Crippen LogP contribution is 2.46. The van der Waals surface area contributed by atoms with E-state index in [4.69, 9.17) is 4.74 Å². The Morgan fingerprint density at radius 2 is 2.08 bits per heavy atom. The second-order valence-corrected chi connectivity index (χ2v) is 7.37. The van der Waals surface area contributed by atoms with E-state index in [0.717, 1.165) is 35.4 Å². The summed E-state index contributed by atoms with van der Waals surface area (Å²) < 4.78 is 6.55. The van der Waals surface area contributed by atoms with Gasteiger partial charge in [-0.3, -0.25) is 14.2 Å². The van der Waals surface area contributed by atoms with Crippen LogP contribution in [0, 0.1) is 6.92 Å². The van der Waals surface area contributed by atoms with E-state index >= 15 is 0 Å². The third kappa shape index (κ3) is 3.44. The highest BCUT2D eigenvalue weighted by atomic mass is 32.1. The zero-order valence-electron chi connectivity index (χ0n) is 13.5. The molecule has 1 N–H and O–H groups in total. The summed E-state index contributed by atoms with van der Waals surface area (Å²) >= 11 is 2.40. The average molecular weight is 366 g/mol. The molecule has 8 heteroatoms. The van der Waals surface area contributed by atoms with Crippen molar-refractivity contribution in [1.29, 1.82) is 0 Å². The van der Waals surface area contributed by atoms with Gasteiger partial charge in [0.2, 0.25) is 5.91 Å². The lowest BCUT2D eigenvalue weighted by atomic mass is 10.1. The van der Waals surface area contributed by atoms with Crippen molar-refractivity contribution >= 4 is 39.6 Å². The number of amides is 1. The van der Waals surface area contributed by atoms with E-state index in [-0.39, 0.29) is 23.9 Å². The van der Waals surface area contributed by atoms with Gasteiger partial charge >= 0.3 is 10.8 Å². The first-order chi connectivity index (χ1) is 11.5. The molecule has 3 rings (SSSR count). The Kier molecular flexibility index (Phi) is 4.86. The Hall–Kier alpha value is -1.93. The van der Waals surface area contributed by atoms with Gasteiger partial charge in [-0.05, 0) is 43.6 Å². The molecule has 2 aromatic heterocycles. The number of thiazole rings is 1. The lowest BCUT2D eigenvalue weighted by molar-refractivity contribution is -0.116. The molecule has 1 fully saturated rings. The van der Waals surface area contributed by atoms with Gasteiger partial charge in [-0.15, -0.1) is 11.3 Å². The van der Waals surface area contributed by atoms with Gasteiger partial charge in [0.15, 0.2) is 0 Å². The van der Waals surface area contributed by atoms with E-state index in [0.29, 0.717) is 16.5 Å². The highest BCUT2D eigenvalue weighted by Gasteiger charge is 2.32. The van der Waals surface area contributed by atoms with E-state index in [1.165, 1.54) is 15.9 Å². The summed E-state index contributed by atoms with van der Waals surface area (Å²) in [6, 6.07) is 0. The van der Waals surface area contributed by atoms with Crippen molar-refractivity contribution < 1.29 is 14.3 Å². The van der Waals surface area contributed by atoms with Crippen LogP contribution in [0.2, 0.25) is 0 Å². The molecule has 24 heavy (non-hydrogen) atoms. The van der Waals surface area contributed by atoms with Gasteiger partial charge in [0.25, 0.3) is 0 Å². The molecule has 1 saturated carbocycles. The fourth-order valence-corrected chi connectivity index (χ4v) is 4.26. The molecular weight excluding hydrogens is 348 g/mol. The average Bonchev–Trinajstić information content (AvgIpc) is 3.24. The van der Waals surface area contributed by atoms with Crippen molar-refractivity contribution in [3.05, 3.63) is 37.2 Å². The van der Waals surface area contributed by atoms with E-state index in [9.17, 15) is 14.4 Å². The lowest BCUT2D eigenvalue weighted by Gasteiger charge is -2.09. The van der Waals surface area contributed by atoms with Crippen molar-refractivity contribution in [3.63, 3.8) is 0 Å². The minimum absolute atomic E-state index is 0.0624. The van der Waals surface area contributed by atoms with Crippen LogP contribution in [0.1, 0.15) is 47.3 Å². The van der Waals surface area contributed by atoms with Crippen LogP contribution >= 0.6 is 22.7 Å². The van der Waals surface area contributed by atoms with Crippen LogP contribution in [-0.4, -0.2) is 23.1 Å². The largest absolute Gasteiger partial charge is 0.462 e. The smallest absolute Gasteiger partial charge is 0.341 e. The monoisotopic (exact) mass is 366 g/mol. The number of hydrogen-bond acceptors (Lipinski definition) is 6. The summed E-state index contributed by atoms with van der Waals surface area (Å²) in [5.74, 6) is -0.346. The summed E-state index contributed by atoms with van der Waals surface area (Å²) in [4.78, 5) is 36.1. The summed E-state index contributed by atoms with van der Waals surface area (Å²) in [6.07, 6.45) is 2.11. The molecule has 0 aromatic carbocycles. The summed E-state index contributed by atoms with van der Waals surface area (Å²) in [5, 5.41) is 6.91. The van der Waals surface area contributed by atoms with Gasteiger partial charge in [-0.2, -0.15) is 0 Å². The van der Waals surface area contributed by atoms with E-state index in [1.54, 1.807) is 19.2 Å². The number of ether oxygens (including phenoxy) is 1. The molecule has 1 aliphatic carbocycles. The number of aryl methyl sites for hydroxylation is 1. The quantitative estimate of drug-likeness (QED) is 0.798. The minimum atomic E-state index is -0.403. The normalized spacial score (nSPS) is 13.8. The lowest BCUT2D eigenvalue weighted by Crippen LogP contribution is -2.25. The number of rotatable bonds is 6. The SMILES string of the molecule is CCOC(=O)c1c(C2CC2)csc1NC(=O)Cn1c(C)csc1=O. The van der Waals surface area contributed by atoms with Crippen molar-refractivity contribution in [3.8, 4) is 0 Å². The Morgan fingerprint density at radius 1 is 1.33 bits per heavy atom. The fourth-order valence-electron chi connectivity index (χ4n) is 2.48. The molecule has 0 atom stereocenters. The topological polar surface area (TPSA) is 77.4 Å². The van der Waals surface area contributed by atoms with E-state index in [2.05, 4.69) is 5.32 Å². The number of thiophene rings is 1. The van der Waals surface area contributed by atoms with Crippen LogP contribution in [0.25, 0.3) is 0 Å². The van der Waals surface area contributed by atoms with Crippen LogP contribution in [0.15, 0.2) is 15.6 Å². The van der Waals surface area contributed by atoms with Crippen molar-refractivity contribution in [1.82, 2.24) is 4.57 Å². The number of carbonyl (C=O) groups excluding carboxylic acids is 2. The Morgan fingerprint density at radius 3 is 2.67 bits per heavy atom. The van der Waals surface area contributed by atoms with Gasteiger partial charge in [0.05, 0.1) is 12.2 Å². The molecule has 1 aliphatic rings. The molecule has 0 spiro atoms. The predicted molar refractivity (Wildman–Crippen MR) is 94.2 cm³/mol. The summed E-state index contributed by atoms with van der Waals surface area (Å²) in [6.45, 7) is 3.76. The zero-order valence-corrected chi connectivity index (χ0v) is 15.1. The summed E-state index contributed by atoms with van der Waals surface area (Å²) in [5.41, 5.74) is 2.17. The number of hydrogen-bond donors (Lipinski definition) is 1. The van der Waals surface area contributed by atoms with E-state index < -0.39 is 5.97 Å². The standard InChI is InChI=1S/C16H18N2O4S2/c1-3-22-15(20)13-11(10-4-5-10)8-23-14(13)17-12(19)6-18-9(2)7-24-16(18)21/h7-8,10H,3-6H2,1-2H3,(H,17,19). The number of carbonyl (C=O) groups is 2. The molecule has 0 unspecified atom stereocenters. The molecule has 0 aliphatic heterocycles. The van der Waals surface area contributed by atoms with Gasteiger partial charge < -0.3 is 10.1 Å². The van der Waals surface area contributed by atoms with Gasteiger partial charge in [-0.25, -0.2) is 4.79 Å². The number of anilines is 1. The maximum atomic E-state index is 12.3. The predicted octanol–water partition coefficient (Wildman–Crippen LogP) is 2.97. The second kappa shape index (κ2) is 6.90. The highest BCUT2D eigenvalue weighted by molar-refractivity contribution is 7.15. The Bertz CT molecular complexity index is 829. The first-order valence-corrected chi connectivity index (χ1v) is 9.50. The van der Waals surface area contributed by atoms with Gasteiger partial charge in [0, 0.05) is 11.1 Å². The molecule has 128 valence electrons. The van der Waals surface area contributed by atoms with Crippen LogP contribution < -0.4 is 10.2 Å². The molecule has 6 nitrogen and oxygen atoms in total. The molecule has 2 aromatic rings. The molecule has 2 heterocycles. The summed E-state index contributed by atoms with van der Waals surface area (Å²) in [7, 11) is 0. The molecule has 0 radical (unpaired) electrons. The fraction of sp³-hybridized carbons (Fsp3) is 0.438. The third-order valence-electron chi connectivity index (χ3n) is 3.85. The van der Waals surface area contributed by atoms with Crippen LogP contribution in [-0.2, 0) is 16.1 Å². The molecule has 0 saturated heterocycles. The maximum absolute atomic E-state index is 12.3. The van der Waals surface area contributed by atoms with Crippen LogP contribution in [0.3, 0.4) is 0 Å².